The first-order valence-electron chi connectivity index (χ1n) is 7.18. The van der Waals surface area contributed by atoms with Crippen molar-refractivity contribution in [3.05, 3.63) is 71.0 Å². The summed E-state index contributed by atoms with van der Waals surface area (Å²) in [5.41, 5.74) is 4.10. The molecule has 0 spiro atoms. The van der Waals surface area contributed by atoms with Gasteiger partial charge in [0.1, 0.15) is 0 Å². The van der Waals surface area contributed by atoms with E-state index in [1.165, 1.54) is 0 Å². The molecule has 0 fully saturated rings. The van der Waals surface area contributed by atoms with Crippen molar-refractivity contribution in [1.29, 1.82) is 0 Å². The Hall–Kier alpha value is -2.23. The van der Waals surface area contributed by atoms with Gasteiger partial charge in [0.05, 0.1) is 11.4 Å². The van der Waals surface area contributed by atoms with Crippen molar-refractivity contribution in [2.24, 2.45) is 7.05 Å². The molecule has 0 aliphatic heterocycles. The summed E-state index contributed by atoms with van der Waals surface area (Å²) >= 11 is 12.0. The summed E-state index contributed by atoms with van der Waals surface area (Å²) in [4.78, 5) is 4.73. The van der Waals surface area contributed by atoms with Crippen LogP contribution in [0.4, 0.5) is 0 Å². The van der Waals surface area contributed by atoms with Crippen LogP contribution in [0.1, 0.15) is 0 Å². The largest absolute Gasteiger partial charge is 0.313 e. The van der Waals surface area contributed by atoms with E-state index in [0.717, 1.165) is 33.3 Å². The van der Waals surface area contributed by atoms with E-state index in [9.17, 15) is 0 Å². The van der Waals surface area contributed by atoms with Gasteiger partial charge >= 0.3 is 0 Å². The zero-order chi connectivity index (χ0) is 16.0. The minimum atomic E-state index is 0.710. The highest BCUT2D eigenvalue weighted by atomic mass is 35.5. The molecule has 0 amide bonds. The molecule has 0 atom stereocenters. The molecule has 0 N–H and O–H groups in total. The minimum absolute atomic E-state index is 0.710. The predicted molar refractivity (Wildman–Crippen MR) is 95.1 cm³/mol. The highest BCUT2D eigenvalue weighted by Gasteiger charge is 2.12. The molecule has 4 rings (SSSR count). The van der Waals surface area contributed by atoms with Gasteiger partial charge in [-0.3, -0.25) is 4.40 Å². The number of aromatic nitrogens is 3. The van der Waals surface area contributed by atoms with Gasteiger partial charge in [-0.25, -0.2) is 4.98 Å². The molecule has 0 saturated carbocycles. The fourth-order valence-electron chi connectivity index (χ4n) is 2.73. The first kappa shape index (κ1) is 14.4. The van der Waals surface area contributed by atoms with Crippen molar-refractivity contribution < 1.29 is 0 Å². The number of halogens is 2. The molecule has 0 radical (unpaired) electrons. The van der Waals surface area contributed by atoms with Crippen molar-refractivity contribution in [2.45, 2.75) is 0 Å². The van der Waals surface area contributed by atoms with Crippen molar-refractivity contribution >= 4 is 29.0 Å². The van der Waals surface area contributed by atoms with Crippen LogP contribution in [0, 0.1) is 0 Å². The SMILES string of the molecule is Cn1c(-c2ccc(Cl)cc2)cn2cc(-c3cccc(Cl)c3)nc12. The highest BCUT2D eigenvalue weighted by Crippen LogP contribution is 2.27. The molecule has 0 aliphatic carbocycles. The van der Waals surface area contributed by atoms with Gasteiger partial charge in [0.2, 0.25) is 5.78 Å². The summed E-state index contributed by atoms with van der Waals surface area (Å²) in [5.74, 6) is 0.880. The van der Waals surface area contributed by atoms with E-state index in [4.69, 9.17) is 28.2 Å². The van der Waals surface area contributed by atoms with Crippen LogP contribution < -0.4 is 0 Å². The predicted octanol–water partition coefficient (Wildman–Crippen LogP) is 5.31. The van der Waals surface area contributed by atoms with Crippen molar-refractivity contribution in [2.75, 3.05) is 0 Å². The molecular weight excluding hydrogens is 329 g/mol. The summed E-state index contributed by atoms with van der Waals surface area (Å²) in [6.07, 6.45) is 4.08. The number of benzene rings is 2. The van der Waals surface area contributed by atoms with Gasteiger partial charge in [0.25, 0.3) is 0 Å². The number of hydrogen-bond donors (Lipinski definition) is 0. The Kier molecular flexibility index (Phi) is 3.40. The highest BCUT2D eigenvalue weighted by molar-refractivity contribution is 6.31. The first-order chi connectivity index (χ1) is 11.1. The molecule has 4 aromatic rings. The Bertz CT molecular complexity index is 997. The standard InChI is InChI=1S/C18H13Cl2N3/c1-22-17(12-5-7-14(19)8-6-12)11-23-10-16(21-18(22)23)13-3-2-4-15(20)9-13/h2-11H,1H3. The van der Waals surface area contributed by atoms with Crippen LogP contribution in [0.25, 0.3) is 28.3 Å². The van der Waals surface area contributed by atoms with Gasteiger partial charge in [-0.15, -0.1) is 0 Å². The van der Waals surface area contributed by atoms with E-state index in [1.807, 2.05) is 66.2 Å². The Balaban J connectivity index is 1.81. The molecule has 2 aromatic heterocycles. The van der Waals surface area contributed by atoms with E-state index in [0.29, 0.717) is 5.02 Å². The maximum Gasteiger partial charge on any atom is 0.214 e. The first-order valence-corrected chi connectivity index (χ1v) is 7.94. The lowest BCUT2D eigenvalue weighted by Gasteiger charge is -2.03. The van der Waals surface area contributed by atoms with Gasteiger partial charge in [0, 0.05) is 35.1 Å². The molecule has 0 saturated heterocycles. The van der Waals surface area contributed by atoms with Crippen LogP contribution >= 0.6 is 23.2 Å². The van der Waals surface area contributed by atoms with Crippen molar-refractivity contribution in [3.8, 4) is 22.5 Å². The normalized spacial score (nSPS) is 11.3. The molecule has 23 heavy (non-hydrogen) atoms. The van der Waals surface area contributed by atoms with Crippen LogP contribution in [-0.4, -0.2) is 14.0 Å². The lowest BCUT2D eigenvalue weighted by Crippen LogP contribution is -1.92. The maximum atomic E-state index is 6.07. The van der Waals surface area contributed by atoms with Crippen LogP contribution in [0.2, 0.25) is 10.0 Å². The van der Waals surface area contributed by atoms with Gasteiger partial charge in [-0.1, -0.05) is 47.5 Å². The lowest BCUT2D eigenvalue weighted by molar-refractivity contribution is 0.945. The third-order valence-electron chi connectivity index (χ3n) is 3.90. The molecule has 3 nitrogen and oxygen atoms in total. The van der Waals surface area contributed by atoms with E-state index in [2.05, 4.69) is 10.8 Å². The Morgan fingerprint density at radius 3 is 2.35 bits per heavy atom. The average molecular weight is 342 g/mol. The van der Waals surface area contributed by atoms with Crippen LogP contribution in [0.5, 0.6) is 0 Å². The number of rotatable bonds is 2. The molecule has 0 bridgehead atoms. The third kappa shape index (κ3) is 2.52. The Labute approximate surface area is 143 Å². The van der Waals surface area contributed by atoms with Crippen LogP contribution in [0.15, 0.2) is 60.9 Å². The zero-order valence-electron chi connectivity index (χ0n) is 12.4. The Morgan fingerprint density at radius 1 is 0.870 bits per heavy atom. The zero-order valence-corrected chi connectivity index (χ0v) is 13.9. The fraction of sp³-hybridized carbons (Fsp3) is 0.0556. The van der Waals surface area contributed by atoms with Gasteiger partial charge < -0.3 is 4.57 Å². The molecule has 0 unspecified atom stereocenters. The second-order valence-electron chi connectivity index (χ2n) is 5.42. The third-order valence-corrected chi connectivity index (χ3v) is 4.38. The number of aryl methyl sites for hydroxylation is 1. The summed E-state index contributed by atoms with van der Waals surface area (Å²) in [6.45, 7) is 0. The second-order valence-corrected chi connectivity index (χ2v) is 6.30. The molecule has 2 heterocycles. The number of nitrogens with zero attached hydrogens (tertiary/aromatic N) is 3. The summed E-state index contributed by atoms with van der Waals surface area (Å²) in [5, 5.41) is 1.44. The number of hydrogen-bond acceptors (Lipinski definition) is 1. The Morgan fingerprint density at radius 2 is 1.65 bits per heavy atom. The van der Waals surface area contributed by atoms with Crippen molar-refractivity contribution in [1.82, 2.24) is 14.0 Å². The average Bonchev–Trinajstić information content (AvgIpc) is 3.08. The quantitative estimate of drug-likeness (QED) is 0.484. The van der Waals surface area contributed by atoms with Crippen molar-refractivity contribution in [3.63, 3.8) is 0 Å². The van der Waals surface area contributed by atoms with Crippen LogP contribution in [-0.2, 0) is 7.05 Å². The van der Waals surface area contributed by atoms with E-state index in [1.54, 1.807) is 0 Å². The maximum absolute atomic E-state index is 6.07. The van der Waals surface area contributed by atoms with E-state index in [-0.39, 0.29) is 0 Å². The van der Waals surface area contributed by atoms with E-state index >= 15 is 0 Å². The number of imidazole rings is 2. The number of fused-ring (bicyclic) bond motifs is 1. The molecular formula is C18H13Cl2N3. The van der Waals surface area contributed by atoms with E-state index < -0.39 is 0 Å². The van der Waals surface area contributed by atoms with Gasteiger partial charge in [-0.2, -0.15) is 0 Å². The minimum Gasteiger partial charge on any atom is -0.313 e. The topological polar surface area (TPSA) is 22.2 Å². The monoisotopic (exact) mass is 341 g/mol. The van der Waals surface area contributed by atoms with Gasteiger partial charge in [0.15, 0.2) is 0 Å². The molecule has 2 aromatic carbocycles. The molecule has 114 valence electrons. The second kappa shape index (κ2) is 5.44. The lowest BCUT2D eigenvalue weighted by atomic mass is 10.1. The summed E-state index contributed by atoms with van der Waals surface area (Å²) in [6, 6.07) is 15.5. The molecule has 0 aliphatic rings. The summed E-state index contributed by atoms with van der Waals surface area (Å²) in [7, 11) is 2.01. The fourth-order valence-corrected chi connectivity index (χ4v) is 3.05. The molecule has 5 heteroatoms. The van der Waals surface area contributed by atoms with Gasteiger partial charge in [-0.05, 0) is 29.8 Å². The summed E-state index contributed by atoms with van der Waals surface area (Å²) < 4.78 is 4.09. The van der Waals surface area contributed by atoms with Crippen LogP contribution in [0.3, 0.4) is 0 Å². The smallest absolute Gasteiger partial charge is 0.214 e.